The maximum Gasteiger partial charge on any atom is 0.335 e. The second-order valence-electron chi connectivity index (χ2n) is 5.87. The number of aliphatic hydroxyl groups excluding tert-OH is 1. The zero-order chi connectivity index (χ0) is 14.8. The summed E-state index contributed by atoms with van der Waals surface area (Å²) < 4.78 is 5.71. The summed E-state index contributed by atoms with van der Waals surface area (Å²) in [6, 6.07) is 4.75. The average Bonchev–Trinajstić information content (AvgIpc) is 2.89. The van der Waals surface area contributed by atoms with Gasteiger partial charge in [-0.2, -0.15) is 0 Å². The Morgan fingerprint density at radius 3 is 2.62 bits per heavy atom. The minimum atomic E-state index is -0.955. The second-order valence-corrected chi connectivity index (χ2v) is 5.87. The van der Waals surface area contributed by atoms with Gasteiger partial charge in [-0.25, -0.2) is 9.78 Å². The summed E-state index contributed by atoms with van der Waals surface area (Å²) in [6.45, 7) is 0.285. The van der Waals surface area contributed by atoms with Crippen molar-refractivity contribution in [3.63, 3.8) is 0 Å². The van der Waals surface area contributed by atoms with Gasteiger partial charge in [0.05, 0.1) is 5.56 Å². The molecule has 1 aliphatic carbocycles. The Hall–Kier alpha value is -1.88. The van der Waals surface area contributed by atoms with Crippen LogP contribution in [0.1, 0.15) is 41.9 Å². The summed E-state index contributed by atoms with van der Waals surface area (Å²) in [4.78, 5) is 15.4. The van der Waals surface area contributed by atoms with Crippen molar-refractivity contribution in [3.8, 4) is 0 Å². The van der Waals surface area contributed by atoms with E-state index in [0.29, 0.717) is 28.8 Å². The first-order chi connectivity index (χ1) is 10.2. The fourth-order valence-electron chi connectivity index (χ4n) is 3.06. The van der Waals surface area contributed by atoms with Gasteiger partial charge < -0.3 is 14.6 Å². The molecule has 5 heteroatoms. The SMILES string of the molecule is O=C(O)c1ccc2oc(CC3CCC(CO)CC3)nc2c1. The molecule has 3 rings (SSSR count). The van der Waals surface area contributed by atoms with Crippen LogP contribution in [0.15, 0.2) is 22.6 Å². The maximum atomic E-state index is 10.9. The van der Waals surface area contributed by atoms with E-state index in [2.05, 4.69) is 4.98 Å². The number of aromatic nitrogens is 1. The molecule has 1 saturated carbocycles. The highest BCUT2D eigenvalue weighted by molar-refractivity contribution is 5.91. The van der Waals surface area contributed by atoms with Crippen molar-refractivity contribution >= 4 is 17.1 Å². The van der Waals surface area contributed by atoms with E-state index in [9.17, 15) is 4.79 Å². The Morgan fingerprint density at radius 2 is 1.95 bits per heavy atom. The van der Waals surface area contributed by atoms with Crippen LogP contribution in [0, 0.1) is 11.8 Å². The van der Waals surface area contributed by atoms with Crippen LogP contribution in [0.25, 0.3) is 11.1 Å². The van der Waals surface area contributed by atoms with Crippen LogP contribution in [0.2, 0.25) is 0 Å². The number of carbonyl (C=O) groups is 1. The third-order valence-corrected chi connectivity index (χ3v) is 4.37. The third kappa shape index (κ3) is 3.08. The van der Waals surface area contributed by atoms with Gasteiger partial charge in [-0.1, -0.05) is 0 Å². The van der Waals surface area contributed by atoms with Crippen LogP contribution in [0.5, 0.6) is 0 Å². The lowest BCUT2D eigenvalue weighted by Gasteiger charge is -2.26. The number of hydrogen-bond donors (Lipinski definition) is 2. The zero-order valence-electron chi connectivity index (χ0n) is 11.8. The Kier molecular flexibility index (Phi) is 3.92. The molecule has 1 fully saturated rings. The van der Waals surface area contributed by atoms with E-state index in [-0.39, 0.29) is 12.2 Å². The number of carboxylic acid groups (broad SMARTS) is 1. The Morgan fingerprint density at radius 1 is 1.24 bits per heavy atom. The molecule has 1 aliphatic rings. The van der Waals surface area contributed by atoms with Gasteiger partial charge in [0.25, 0.3) is 0 Å². The van der Waals surface area contributed by atoms with Crippen molar-refractivity contribution in [2.75, 3.05) is 6.61 Å². The van der Waals surface area contributed by atoms with E-state index in [0.717, 1.165) is 32.1 Å². The molecule has 5 nitrogen and oxygen atoms in total. The lowest BCUT2D eigenvalue weighted by molar-refractivity contribution is 0.0697. The molecule has 112 valence electrons. The van der Waals surface area contributed by atoms with Gasteiger partial charge in [0.2, 0.25) is 0 Å². The van der Waals surface area contributed by atoms with Gasteiger partial charge in [-0.15, -0.1) is 0 Å². The number of fused-ring (bicyclic) bond motifs is 1. The standard InChI is InChI=1S/C16H19NO4/c18-9-11-3-1-10(2-4-11)7-15-17-13-8-12(16(19)20)5-6-14(13)21-15/h5-6,8,10-11,18H,1-4,7,9H2,(H,19,20). The molecule has 0 saturated heterocycles. The summed E-state index contributed by atoms with van der Waals surface area (Å²) in [5.74, 6) is 0.714. The van der Waals surface area contributed by atoms with E-state index in [1.807, 2.05) is 0 Å². The van der Waals surface area contributed by atoms with E-state index < -0.39 is 5.97 Å². The van der Waals surface area contributed by atoms with Gasteiger partial charge in [-0.05, 0) is 55.7 Å². The van der Waals surface area contributed by atoms with Crippen molar-refractivity contribution in [1.29, 1.82) is 0 Å². The van der Waals surface area contributed by atoms with Gasteiger partial charge >= 0.3 is 5.97 Å². The van der Waals surface area contributed by atoms with Crippen molar-refractivity contribution in [2.24, 2.45) is 11.8 Å². The fourth-order valence-corrected chi connectivity index (χ4v) is 3.06. The average molecular weight is 289 g/mol. The van der Waals surface area contributed by atoms with Gasteiger partial charge in [-0.3, -0.25) is 0 Å². The number of aromatic carboxylic acids is 1. The first kappa shape index (κ1) is 14.1. The quantitative estimate of drug-likeness (QED) is 0.904. The topological polar surface area (TPSA) is 83.6 Å². The number of nitrogens with zero attached hydrogens (tertiary/aromatic N) is 1. The lowest BCUT2D eigenvalue weighted by atomic mass is 9.81. The molecule has 1 heterocycles. The summed E-state index contributed by atoms with van der Waals surface area (Å²) in [5.41, 5.74) is 1.47. The Bertz CT molecular complexity index is 641. The maximum absolute atomic E-state index is 10.9. The highest BCUT2D eigenvalue weighted by atomic mass is 16.4. The first-order valence-electron chi connectivity index (χ1n) is 7.39. The van der Waals surface area contributed by atoms with Gasteiger partial charge in [0, 0.05) is 13.0 Å². The largest absolute Gasteiger partial charge is 0.478 e. The number of oxazole rings is 1. The van der Waals surface area contributed by atoms with Gasteiger partial charge in [0.1, 0.15) is 5.52 Å². The molecule has 0 amide bonds. The predicted octanol–water partition coefficient (Wildman–Crippen LogP) is 2.87. The number of hydrogen-bond acceptors (Lipinski definition) is 4. The molecule has 2 aromatic rings. The molecule has 1 aromatic heterocycles. The molecular weight excluding hydrogens is 270 g/mol. The molecular formula is C16H19NO4. The lowest BCUT2D eigenvalue weighted by Crippen LogP contribution is -2.18. The smallest absolute Gasteiger partial charge is 0.335 e. The monoisotopic (exact) mass is 289 g/mol. The molecule has 0 spiro atoms. The minimum Gasteiger partial charge on any atom is -0.478 e. The molecule has 0 aliphatic heterocycles. The summed E-state index contributed by atoms with van der Waals surface area (Å²) in [5, 5.41) is 18.1. The molecule has 0 radical (unpaired) electrons. The summed E-state index contributed by atoms with van der Waals surface area (Å²) in [6.07, 6.45) is 5.08. The zero-order valence-corrected chi connectivity index (χ0v) is 11.8. The van der Waals surface area contributed by atoms with E-state index >= 15 is 0 Å². The third-order valence-electron chi connectivity index (χ3n) is 4.37. The van der Waals surface area contributed by atoms with Crippen LogP contribution in [0.3, 0.4) is 0 Å². The number of benzene rings is 1. The highest BCUT2D eigenvalue weighted by Crippen LogP contribution is 2.31. The number of aliphatic hydroxyl groups is 1. The summed E-state index contributed by atoms with van der Waals surface area (Å²) in [7, 11) is 0. The van der Waals surface area contributed by atoms with E-state index in [4.69, 9.17) is 14.6 Å². The van der Waals surface area contributed by atoms with Crippen molar-refractivity contribution in [3.05, 3.63) is 29.7 Å². The number of rotatable bonds is 4. The minimum absolute atomic E-state index is 0.228. The Labute approximate surface area is 122 Å². The molecule has 21 heavy (non-hydrogen) atoms. The van der Waals surface area contributed by atoms with Crippen LogP contribution in [0.4, 0.5) is 0 Å². The van der Waals surface area contributed by atoms with Crippen molar-refractivity contribution in [1.82, 2.24) is 4.98 Å². The van der Waals surface area contributed by atoms with Crippen LogP contribution >= 0.6 is 0 Å². The predicted molar refractivity (Wildman–Crippen MR) is 77.2 cm³/mol. The molecule has 2 N–H and O–H groups in total. The number of carboxylic acids is 1. The Balaban J connectivity index is 1.71. The first-order valence-corrected chi connectivity index (χ1v) is 7.39. The van der Waals surface area contributed by atoms with Crippen molar-refractivity contribution < 1.29 is 19.4 Å². The van der Waals surface area contributed by atoms with Gasteiger partial charge in [0.15, 0.2) is 11.5 Å². The highest BCUT2D eigenvalue weighted by Gasteiger charge is 2.22. The molecule has 0 bridgehead atoms. The van der Waals surface area contributed by atoms with E-state index in [1.54, 1.807) is 12.1 Å². The summed E-state index contributed by atoms with van der Waals surface area (Å²) >= 11 is 0. The van der Waals surface area contributed by atoms with E-state index in [1.165, 1.54) is 6.07 Å². The van der Waals surface area contributed by atoms with Crippen LogP contribution in [-0.4, -0.2) is 27.8 Å². The van der Waals surface area contributed by atoms with Crippen molar-refractivity contribution in [2.45, 2.75) is 32.1 Å². The van der Waals surface area contributed by atoms with Crippen LogP contribution in [-0.2, 0) is 6.42 Å². The fraction of sp³-hybridized carbons (Fsp3) is 0.500. The molecule has 1 aromatic carbocycles. The molecule has 0 unspecified atom stereocenters. The second kappa shape index (κ2) is 5.85. The normalized spacial score (nSPS) is 22.5. The van der Waals surface area contributed by atoms with Crippen LogP contribution < -0.4 is 0 Å². The molecule has 0 atom stereocenters.